The van der Waals surface area contributed by atoms with Crippen LogP contribution < -0.4 is 4.90 Å². The molecule has 0 atom stereocenters. The lowest BCUT2D eigenvalue weighted by Gasteiger charge is -2.20. The Kier molecular flexibility index (Phi) is 3.21. The van der Waals surface area contributed by atoms with Crippen molar-refractivity contribution in [3.8, 4) is 0 Å². The number of aryl methyl sites for hydroxylation is 1. The van der Waals surface area contributed by atoms with Crippen LogP contribution in [0.15, 0.2) is 30.6 Å². The molecule has 2 heterocycles. The second kappa shape index (κ2) is 4.87. The van der Waals surface area contributed by atoms with Crippen LogP contribution in [0, 0.1) is 12.7 Å². The number of carboxylic acids is 1. The molecule has 0 unspecified atom stereocenters. The molecule has 6 heteroatoms. The highest BCUT2D eigenvalue weighted by atomic mass is 19.1. The van der Waals surface area contributed by atoms with Gasteiger partial charge < -0.3 is 5.11 Å². The van der Waals surface area contributed by atoms with E-state index in [2.05, 4.69) is 4.98 Å². The zero-order valence-corrected chi connectivity index (χ0v) is 12.9. The van der Waals surface area contributed by atoms with E-state index in [1.54, 1.807) is 26.1 Å². The molecule has 118 valence electrons. The average Bonchev–Trinajstić information content (AvgIpc) is 2.67. The smallest absolute Gasteiger partial charge is 0.335 e. The van der Waals surface area contributed by atoms with Crippen molar-refractivity contribution in [1.29, 1.82) is 0 Å². The van der Waals surface area contributed by atoms with E-state index in [0.29, 0.717) is 11.3 Å². The maximum atomic E-state index is 14.6. The molecule has 1 aromatic carbocycles. The van der Waals surface area contributed by atoms with Crippen LogP contribution in [-0.4, -0.2) is 22.0 Å². The second-order valence-electron chi connectivity index (χ2n) is 6.15. The standard InChI is InChI=1S/C17H15FN2O3/c1-9-4-11(8-19-7-9)20-14-12(17(2,3)16(20)23)5-10(15(21)22)6-13(14)18/h4-8H,1-3H3,(H,21,22). The lowest BCUT2D eigenvalue weighted by Crippen LogP contribution is -2.33. The molecule has 0 spiro atoms. The zero-order valence-electron chi connectivity index (χ0n) is 12.9. The third-order valence-electron chi connectivity index (χ3n) is 4.06. The molecule has 2 aromatic rings. The number of aromatic carboxylic acids is 1. The number of amides is 1. The number of pyridine rings is 1. The largest absolute Gasteiger partial charge is 0.478 e. The van der Waals surface area contributed by atoms with Gasteiger partial charge in [0.05, 0.1) is 28.6 Å². The fourth-order valence-corrected chi connectivity index (χ4v) is 2.83. The third kappa shape index (κ3) is 2.18. The highest BCUT2D eigenvalue weighted by Crippen LogP contribution is 2.47. The molecular weight excluding hydrogens is 299 g/mol. The van der Waals surface area contributed by atoms with Crippen LogP contribution in [0.25, 0.3) is 0 Å². The van der Waals surface area contributed by atoms with Crippen molar-refractivity contribution in [3.05, 3.63) is 53.1 Å². The molecule has 0 fully saturated rings. The number of rotatable bonds is 2. The Hall–Kier alpha value is -2.76. The maximum Gasteiger partial charge on any atom is 0.335 e. The van der Waals surface area contributed by atoms with E-state index in [0.717, 1.165) is 11.6 Å². The number of hydrogen-bond acceptors (Lipinski definition) is 3. The van der Waals surface area contributed by atoms with Gasteiger partial charge >= 0.3 is 5.97 Å². The molecule has 1 N–H and O–H groups in total. The Balaban J connectivity index is 2.28. The topological polar surface area (TPSA) is 70.5 Å². The Morgan fingerprint density at radius 3 is 2.57 bits per heavy atom. The molecule has 23 heavy (non-hydrogen) atoms. The molecule has 0 radical (unpaired) electrons. The van der Waals surface area contributed by atoms with Gasteiger partial charge in [0.1, 0.15) is 5.82 Å². The molecule has 1 amide bonds. The first kappa shape index (κ1) is 15.1. The maximum absolute atomic E-state index is 14.6. The lowest BCUT2D eigenvalue weighted by atomic mass is 9.85. The van der Waals surface area contributed by atoms with Crippen LogP contribution in [0.5, 0.6) is 0 Å². The minimum atomic E-state index is -1.23. The highest BCUT2D eigenvalue weighted by Gasteiger charge is 2.46. The van der Waals surface area contributed by atoms with E-state index in [1.807, 2.05) is 6.92 Å². The van der Waals surface area contributed by atoms with E-state index < -0.39 is 17.2 Å². The molecule has 1 aromatic heterocycles. The summed E-state index contributed by atoms with van der Waals surface area (Å²) in [7, 11) is 0. The summed E-state index contributed by atoms with van der Waals surface area (Å²) in [5, 5.41) is 9.12. The first-order valence-electron chi connectivity index (χ1n) is 7.07. The van der Waals surface area contributed by atoms with Gasteiger partial charge in [-0.1, -0.05) is 0 Å². The molecule has 1 aliphatic rings. The molecule has 0 aliphatic carbocycles. The van der Waals surface area contributed by atoms with Gasteiger partial charge in [0, 0.05) is 6.20 Å². The van der Waals surface area contributed by atoms with Gasteiger partial charge in [0.15, 0.2) is 0 Å². The predicted octanol–water partition coefficient (Wildman–Crippen LogP) is 3.18. The van der Waals surface area contributed by atoms with Crippen molar-refractivity contribution < 1.29 is 19.1 Å². The second-order valence-corrected chi connectivity index (χ2v) is 6.15. The monoisotopic (exact) mass is 314 g/mol. The number of carboxylic acid groups (broad SMARTS) is 1. The number of benzene rings is 1. The average molecular weight is 314 g/mol. The summed E-state index contributed by atoms with van der Waals surface area (Å²) in [5.41, 5.74) is 0.559. The summed E-state index contributed by atoms with van der Waals surface area (Å²) < 4.78 is 14.6. The van der Waals surface area contributed by atoms with Crippen LogP contribution in [-0.2, 0) is 10.2 Å². The summed E-state index contributed by atoms with van der Waals surface area (Å²) in [5.74, 6) is -2.28. The predicted molar refractivity (Wildman–Crippen MR) is 82.5 cm³/mol. The van der Waals surface area contributed by atoms with Gasteiger partial charge in [-0.05, 0) is 50.1 Å². The van der Waals surface area contributed by atoms with Crippen molar-refractivity contribution in [2.75, 3.05) is 4.90 Å². The molecule has 0 bridgehead atoms. The van der Waals surface area contributed by atoms with Gasteiger partial charge in [-0.3, -0.25) is 14.7 Å². The number of hydrogen-bond donors (Lipinski definition) is 1. The Bertz CT molecular complexity index is 846. The SMILES string of the molecule is Cc1cncc(N2C(=O)C(C)(C)c3cc(C(=O)O)cc(F)c32)c1. The number of anilines is 2. The highest BCUT2D eigenvalue weighted by molar-refractivity contribution is 6.13. The molecule has 5 nitrogen and oxygen atoms in total. The minimum absolute atomic E-state index is 0.0948. The quantitative estimate of drug-likeness (QED) is 0.924. The number of aromatic nitrogens is 1. The molecule has 1 aliphatic heterocycles. The van der Waals surface area contributed by atoms with Gasteiger partial charge in [-0.15, -0.1) is 0 Å². The van der Waals surface area contributed by atoms with Crippen molar-refractivity contribution in [2.24, 2.45) is 0 Å². The summed E-state index contributed by atoms with van der Waals surface area (Å²) >= 11 is 0. The van der Waals surface area contributed by atoms with Crippen molar-refractivity contribution in [3.63, 3.8) is 0 Å². The zero-order chi connectivity index (χ0) is 16.9. The summed E-state index contributed by atoms with van der Waals surface area (Å²) in [6, 6.07) is 4.04. The third-order valence-corrected chi connectivity index (χ3v) is 4.06. The number of halogens is 1. The molecule has 3 rings (SSSR count). The van der Waals surface area contributed by atoms with Gasteiger partial charge in [0.25, 0.3) is 0 Å². The Labute approximate surface area is 132 Å². The fraction of sp³-hybridized carbons (Fsp3) is 0.235. The minimum Gasteiger partial charge on any atom is -0.478 e. The van der Waals surface area contributed by atoms with Crippen LogP contribution in [0.2, 0.25) is 0 Å². The van der Waals surface area contributed by atoms with Gasteiger partial charge in [0.2, 0.25) is 5.91 Å². The fourth-order valence-electron chi connectivity index (χ4n) is 2.83. The molecular formula is C17H15FN2O3. The number of nitrogens with zero attached hydrogens (tertiary/aromatic N) is 2. The summed E-state index contributed by atoms with van der Waals surface area (Å²) in [4.78, 5) is 29.3. The summed E-state index contributed by atoms with van der Waals surface area (Å²) in [6.45, 7) is 5.14. The molecule has 0 saturated heterocycles. The van der Waals surface area contributed by atoms with Crippen molar-refractivity contribution in [2.45, 2.75) is 26.2 Å². The van der Waals surface area contributed by atoms with E-state index in [-0.39, 0.29) is 17.2 Å². The van der Waals surface area contributed by atoms with Crippen molar-refractivity contribution >= 4 is 23.3 Å². The van der Waals surface area contributed by atoms with E-state index in [1.165, 1.54) is 17.2 Å². The Morgan fingerprint density at radius 2 is 1.96 bits per heavy atom. The van der Waals surface area contributed by atoms with Crippen LogP contribution in [0.3, 0.4) is 0 Å². The van der Waals surface area contributed by atoms with Crippen molar-refractivity contribution in [1.82, 2.24) is 4.98 Å². The lowest BCUT2D eigenvalue weighted by molar-refractivity contribution is -0.121. The first-order chi connectivity index (χ1) is 10.7. The van der Waals surface area contributed by atoms with E-state index >= 15 is 0 Å². The normalized spacial score (nSPS) is 15.7. The first-order valence-corrected chi connectivity index (χ1v) is 7.07. The van der Waals surface area contributed by atoms with E-state index in [4.69, 9.17) is 5.11 Å². The van der Waals surface area contributed by atoms with Gasteiger partial charge in [-0.25, -0.2) is 9.18 Å². The van der Waals surface area contributed by atoms with E-state index in [9.17, 15) is 14.0 Å². The van der Waals surface area contributed by atoms with Crippen LogP contribution in [0.1, 0.15) is 35.3 Å². The number of carbonyl (C=O) groups is 2. The Morgan fingerprint density at radius 1 is 1.26 bits per heavy atom. The summed E-state index contributed by atoms with van der Waals surface area (Å²) in [6.07, 6.45) is 3.13. The number of carbonyl (C=O) groups excluding carboxylic acids is 1. The molecule has 0 saturated carbocycles. The number of fused-ring (bicyclic) bond motifs is 1. The van der Waals surface area contributed by atoms with Crippen LogP contribution >= 0.6 is 0 Å². The van der Waals surface area contributed by atoms with Crippen LogP contribution in [0.4, 0.5) is 15.8 Å². The van der Waals surface area contributed by atoms with Gasteiger partial charge in [-0.2, -0.15) is 0 Å².